The minimum absolute atomic E-state index is 0.0158. The van der Waals surface area contributed by atoms with Crippen LogP contribution >= 0.6 is 0 Å². The van der Waals surface area contributed by atoms with Crippen molar-refractivity contribution < 1.29 is 24.2 Å². The first kappa shape index (κ1) is 26.8. The summed E-state index contributed by atoms with van der Waals surface area (Å²) in [6, 6.07) is 19.0. The second kappa shape index (κ2) is 10.5. The number of imide groups is 1. The lowest BCUT2D eigenvalue weighted by Crippen LogP contribution is -2.45. The molecular formula is C31H24N4O7. The molecule has 0 spiro atoms. The predicted octanol–water partition coefficient (Wildman–Crippen LogP) is 4.24. The van der Waals surface area contributed by atoms with Crippen LogP contribution in [0.3, 0.4) is 0 Å². The van der Waals surface area contributed by atoms with Crippen molar-refractivity contribution in [2.45, 2.75) is 25.0 Å². The van der Waals surface area contributed by atoms with Crippen molar-refractivity contribution >= 4 is 29.0 Å². The topological polar surface area (TPSA) is 144 Å². The molecule has 3 aliphatic heterocycles. The zero-order valence-electron chi connectivity index (χ0n) is 22.1. The molecular weight excluding hydrogens is 540 g/mol. The van der Waals surface area contributed by atoms with Gasteiger partial charge in [0.2, 0.25) is 11.8 Å². The molecule has 42 heavy (non-hydrogen) atoms. The number of nitrogens with zero attached hydrogens (tertiary/aromatic N) is 4. The fourth-order valence-corrected chi connectivity index (χ4v) is 6.09. The molecule has 0 N–H and O–H groups in total. The van der Waals surface area contributed by atoms with Crippen LogP contribution in [0.5, 0.6) is 0 Å². The van der Waals surface area contributed by atoms with Crippen LogP contribution in [0.2, 0.25) is 0 Å². The van der Waals surface area contributed by atoms with Crippen LogP contribution in [0.15, 0.2) is 103 Å². The number of allylic oxidation sites excluding steroid dienone is 2. The number of nitro groups is 2. The average Bonchev–Trinajstić information content (AvgIpc) is 3.45. The Morgan fingerprint density at radius 2 is 1.36 bits per heavy atom. The van der Waals surface area contributed by atoms with Gasteiger partial charge < -0.3 is 4.90 Å². The predicted molar refractivity (Wildman–Crippen MR) is 150 cm³/mol. The molecule has 3 heterocycles. The molecule has 11 heteroatoms. The van der Waals surface area contributed by atoms with E-state index in [9.17, 15) is 34.6 Å². The van der Waals surface area contributed by atoms with Gasteiger partial charge in [-0.2, -0.15) is 0 Å². The van der Waals surface area contributed by atoms with Gasteiger partial charge in [-0.15, -0.1) is 0 Å². The van der Waals surface area contributed by atoms with Crippen molar-refractivity contribution in [3.8, 4) is 0 Å². The quantitative estimate of drug-likeness (QED) is 0.171. The molecule has 3 aliphatic rings. The monoisotopic (exact) mass is 564 g/mol. The van der Waals surface area contributed by atoms with Crippen molar-refractivity contribution in [2.75, 3.05) is 0 Å². The molecule has 11 nitrogen and oxygen atoms in total. The van der Waals surface area contributed by atoms with E-state index in [0.717, 1.165) is 16.7 Å². The summed E-state index contributed by atoms with van der Waals surface area (Å²) in [5.41, 5.74) is 2.49. The Hall–Kier alpha value is -5.45. The second-order valence-corrected chi connectivity index (χ2v) is 10.5. The lowest BCUT2D eigenvalue weighted by Gasteiger charge is -2.33. The third-order valence-corrected chi connectivity index (χ3v) is 8.08. The number of hydrogen-bond acceptors (Lipinski definition) is 8. The van der Waals surface area contributed by atoms with Crippen LogP contribution in [-0.4, -0.2) is 49.3 Å². The second-order valence-electron chi connectivity index (χ2n) is 10.5. The van der Waals surface area contributed by atoms with E-state index in [2.05, 4.69) is 0 Å². The number of Topliss-reactive ketones (excluding diaryl/α,β-unsaturated/α-hetero) is 1. The minimum Gasteiger partial charge on any atom is -0.359 e. The number of carbonyl (C=O) groups is 3. The van der Waals surface area contributed by atoms with Gasteiger partial charge in [-0.3, -0.25) is 39.5 Å². The first-order valence-electron chi connectivity index (χ1n) is 13.3. The van der Waals surface area contributed by atoms with E-state index in [0.29, 0.717) is 6.42 Å². The van der Waals surface area contributed by atoms with E-state index in [1.165, 1.54) is 41.3 Å². The Kier molecular flexibility index (Phi) is 6.69. The number of ketones is 1. The molecule has 2 amide bonds. The standard InChI is InChI=1S/C31H24N4O7/c36-29(22-8-12-24(13-9-22)35(41)42)28-27-26(30(37)33(31(27)38)18-20-4-2-1-3-5-20)25-17-21(14-15-32(25)28)16-19-6-10-23(11-7-19)34(39)40/h1-15,17,25-28H,16,18H2/t25?,26-,27-,28?/m0/s1. The molecule has 6 rings (SSSR count). The number of non-ortho nitro benzene ring substituents is 2. The van der Waals surface area contributed by atoms with Gasteiger partial charge in [-0.1, -0.05) is 48.5 Å². The summed E-state index contributed by atoms with van der Waals surface area (Å²) < 4.78 is 0. The molecule has 3 aromatic rings. The summed E-state index contributed by atoms with van der Waals surface area (Å²) in [4.78, 5) is 65.7. The largest absolute Gasteiger partial charge is 0.359 e. The summed E-state index contributed by atoms with van der Waals surface area (Å²) in [5.74, 6) is -2.92. The van der Waals surface area contributed by atoms with Crippen molar-refractivity contribution in [3.05, 3.63) is 140 Å². The highest BCUT2D eigenvalue weighted by Gasteiger charge is 2.63. The molecule has 0 radical (unpaired) electrons. The number of carbonyl (C=O) groups excluding carboxylic acids is 3. The molecule has 4 atom stereocenters. The van der Waals surface area contributed by atoms with Gasteiger partial charge in [0.05, 0.1) is 34.3 Å². The molecule has 0 saturated carbocycles. The van der Waals surface area contributed by atoms with Gasteiger partial charge in [-0.05, 0) is 41.3 Å². The smallest absolute Gasteiger partial charge is 0.269 e. The van der Waals surface area contributed by atoms with Crippen LogP contribution < -0.4 is 0 Å². The highest BCUT2D eigenvalue weighted by atomic mass is 16.6. The summed E-state index contributed by atoms with van der Waals surface area (Å²) >= 11 is 0. The molecule has 0 aliphatic carbocycles. The van der Waals surface area contributed by atoms with Crippen LogP contribution in [0.1, 0.15) is 21.5 Å². The number of likely N-dealkylation sites (tertiary alicyclic amines) is 1. The molecule has 2 fully saturated rings. The average molecular weight is 565 g/mol. The number of amides is 2. The minimum atomic E-state index is -0.980. The van der Waals surface area contributed by atoms with E-state index < -0.39 is 45.5 Å². The zero-order valence-corrected chi connectivity index (χ0v) is 22.1. The summed E-state index contributed by atoms with van der Waals surface area (Å²) in [6.07, 6.45) is 5.86. The van der Waals surface area contributed by atoms with E-state index in [1.807, 2.05) is 42.5 Å². The van der Waals surface area contributed by atoms with Gasteiger partial charge in [0.25, 0.3) is 11.4 Å². The van der Waals surface area contributed by atoms with Crippen molar-refractivity contribution in [3.63, 3.8) is 0 Å². The number of nitro benzene ring substituents is 2. The van der Waals surface area contributed by atoms with Gasteiger partial charge in [0.15, 0.2) is 5.78 Å². The lowest BCUT2D eigenvalue weighted by molar-refractivity contribution is -0.385. The number of fused-ring (bicyclic) bond motifs is 3. The Labute approximate surface area is 239 Å². The number of hydrogen-bond donors (Lipinski definition) is 0. The third-order valence-electron chi connectivity index (χ3n) is 8.08. The normalized spacial score (nSPS) is 22.5. The molecule has 2 saturated heterocycles. The molecule has 2 unspecified atom stereocenters. The zero-order chi connectivity index (χ0) is 29.5. The maximum Gasteiger partial charge on any atom is 0.269 e. The highest BCUT2D eigenvalue weighted by Crippen LogP contribution is 2.46. The van der Waals surface area contributed by atoms with E-state index >= 15 is 0 Å². The summed E-state index contributed by atoms with van der Waals surface area (Å²) in [5, 5.41) is 22.2. The fourth-order valence-electron chi connectivity index (χ4n) is 6.09. The fraction of sp³-hybridized carbons (Fsp3) is 0.194. The lowest BCUT2D eigenvalue weighted by atomic mass is 9.85. The Morgan fingerprint density at radius 1 is 0.762 bits per heavy atom. The Balaban J connectivity index is 1.34. The van der Waals surface area contributed by atoms with Crippen LogP contribution in [-0.2, 0) is 22.6 Å². The van der Waals surface area contributed by atoms with Gasteiger partial charge in [-0.25, -0.2) is 0 Å². The first-order valence-corrected chi connectivity index (χ1v) is 13.3. The maximum absolute atomic E-state index is 13.9. The molecule has 0 bridgehead atoms. The maximum atomic E-state index is 13.9. The van der Waals surface area contributed by atoms with E-state index in [-0.39, 0.29) is 29.4 Å². The van der Waals surface area contributed by atoms with Crippen LogP contribution in [0.4, 0.5) is 11.4 Å². The summed E-state index contributed by atoms with van der Waals surface area (Å²) in [6.45, 7) is 0.0892. The molecule has 0 aromatic heterocycles. The van der Waals surface area contributed by atoms with Gasteiger partial charge in [0, 0.05) is 36.0 Å². The Bertz CT molecular complexity index is 1670. The molecule has 210 valence electrons. The highest BCUT2D eigenvalue weighted by molar-refractivity contribution is 6.12. The van der Waals surface area contributed by atoms with Crippen molar-refractivity contribution in [2.24, 2.45) is 11.8 Å². The number of benzene rings is 3. The van der Waals surface area contributed by atoms with Crippen LogP contribution in [0, 0.1) is 32.1 Å². The SMILES string of the molecule is O=C(c1ccc([N+](=O)[O-])cc1)C1[C@H]2C(=O)N(Cc3ccccc3)C(=O)[C@H]2C2C=C(Cc3ccc([N+](=O)[O-])cc3)C=CN12. The number of rotatable bonds is 8. The first-order chi connectivity index (χ1) is 20.2. The molecule has 3 aromatic carbocycles. The third kappa shape index (κ3) is 4.64. The van der Waals surface area contributed by atoms with Crippen LogP contribution in [0.25, 0.3) is 0 Å². The Morgan fingerprint density at radius 3 is 1.98 bits per heavy atom. The van der Waals surface area contributed by atoms with Crippen molar-refractivity contribution in [1.29, 1.82) is 0 Å². The van der Waals surface area contributed by atoms with E-state index in [1.54, 1.807) is 23.2 Å². The van der Waals surface area contributed by atoms with E-state index in [4.69, 9.17) is 0 Å². The van der Waals surface area contributed by atoms with Gasteiger partial charge >= 0.3 is 0 Å². The van der Waals surface area contributed by atoms with Gasteiger partial charge in [0.1, 0.15) is 6.04 Å². The summed E-state index contributed by atoms with van der Waals surface area (Å²) in [7, 11) is 0. The van der Waals surface area contributed by atoms with Crippen molar-refractivity contribution in [1.82, 2.24) is 9.80 Å².